The summed E-state index contributed by atoms with van der Waals surface area (Å²) in [4.78, 5) is 11.8. The molecule has 0 aromatic heterocycles. The number of anilines is 1. The van der Waals surface area contributed by atoms with Crippen LogP contribution in [0.15, 0.2) is 47.4 Å². The first-order valence-corrected chi connectivity index (χ1v) is 9.94. The lowest BCUT2D eigenvalue weighted by atomic mass is 10.1. The number of rotatable bonds is 6. The second-order valence-corrected chi connectivity index (χ2v) is 8.92. The zero-order chi connectivity index (χ0) is 20.2. The van der Waals surface area contributed by atoms with E-state index in [-0.39, 0.29) is 21.7 Å². The van der Waals surface area contributed by atoms with Crippen LogP contribution in [0.3, 0.4) is 0 Å². The minimum atomic E-state index is -3.82. The maximum absolute atomic E-state index is 12.8. The molecule has 2 aromatic rings. The molecule has 146 valence electrons. The standard InChI is InChI=1S/C20H25NO5S/c1-14-9-15(13-26-20(2,3)4)11-18(10-14)27(23,24)21-17-8-6-7-16(12-17)19(22)25-5/h6-12,21H,13H2,1-5H3. The average Bonchev–Trinajstić information content (AvgIpc) is 2.58. The van der Waals surface area contributed by atoms with E-state index in [1.807, 2.05) is 33.8 Å². The van der Waals surface area contributed by atoms with Gasteiger partial charge in [0.25, 0.3) is 10.0 Å². The number of esters is 1. The van der Waals surface area contributed by atoms with E-state index in [1.165, 1.54) is 13.2 Å². The zero-order valence-electron chi connectivity index (χ0n) is 16.2. The van der Waals surface area contributed by atoms with Crippen molar-refractivity contribution < 1.29 is 22.7 Å². The van der Waals surface area contributed by atoms with E-state index in [0.29, 0.717) is 6.61 Å². The number of hydrogen-bond acceptors (Lipinski definition) is 5. The van der Waals surface area contributed by atoms with Gasteiger partial charge in [-0.15, -0.1) is 0 Å². The SMILES string of the molecule is COC(=O)c1cccc(NS(=O)(=O)c2cc(C)cc(COC(C)(C)C)c2)c1. The Morgan fingerprint density at radius 1 is 1.11 bits per heavy atom. The normalized spacial score (nSPS) is 11.9. The predicted octanol–water partition coefficient (Wildman–Crippen LogP) is 3.90. The highest BCUT2D eigenvalue weighted by Gasteiger charge is 2.18. The summed E-state index contributed by atoms with van der Waals surface area (Å²) in [6.07, 6.45) is 0. The summed E-state index contributed by atoms with van der Waals surface area (Å²) in [5, 5.41) is 0. The van der Waals surface area contributed by atoms with Gasteiger partial charge in [0.1, 0.15) is 0 Å². The number of hydrogen-bond donors (Lipinski definition) is 1. The molecule has 7 heteroatoms. The third kappa shape index (κ3) is 6.08. The van der Waals surface area contributed by atoms with Crippen molar-refractivity contribution in [2.24, 2.45) is 0 Å². The monoisotopic (exact) mass is 391 g/mol. The summed E-state index contributed by atoms with van der Waals surface area (Å²) >= 11 is 0. The zero-order valence-corrected chi connectivity index (χ0v) is 17.0. The molecule has 0 radical (unpaired) electrons. The molecule has 0 unspecified atom stereocenters. The lowest BCUT2D eigenvalue weighted by molar-refractivity contribution is -0.0150. The number of aryl methyl sites for hydroxylation is 1. The molecule has 6 nitrogen and oxygen atoms in total. The molecule has 1 N–H and O–H groups in total. The van der Waals surface area contributed by atoms with Gasteiger partial charge in [-0.1, -0.05) is 12.1 Å². The fourth-order valence-electron chi connectivity index (χ4n) is 2.40. The third-order valence-electron chi connectivity index (χ3n) is 3.63. The van der Waals surface area contributed by atoms with Gasteiger partial charge in [0.05, 0.1) is 29.8 Å². The topological polar surface area (TPSA) is 81.7 Å². The van der Waals surface area contributed by atoms with Crippen LogP contribution in [0.1, 0.15) is 42.3 Å². The highest BCUT2D eigenvalue weighted by atomic mass is 32.2. The first kappa shape index (κ1) is 20.9. The van der Waals surface area contributed by atoms with E-state index in [2.05, 4.69) is 9.46 Å². The Bertz CT molecular complexity index is 930. The second kappa shape index (κ2) is 8.10. The highest BCUT2D eigenvalue weighted by molar-refractivity contribution is 7.92. The fourth-order valence-corrected chi connectivity index (χ4v) is 3.61. The number of benzene rings is 2. The summed E-state index contributed by atoms with van der Waals surface area (Å²) in [5.74, 6) is -0.534. The molecule has 2 aromatic carbocycles. The largest absolute Gasteiger partial charge is 0.465 e. The van der Waals surface area contributed by atoms with Crippen molar-refractivity contribution in [1.29, 1.82) is 0 Å². The first-order chi connectivity index (χ1) is 12.5. The number of nitrogens with one attached hydrogen (secondary N) is 1. The van der Waals surface area contributed by atoms with Gasteiger partial charge in [-0.05, 0) is 69.2 Å². The van der Waals surface area contributed by atoms with Crippen LogP contribution in [-0.2, 0) is 26.1 Å². The summed E-state index contributed by atoms with van der Waals surface area (Å²) < 4.78 is 38.5. The Labute approximate surface area is 160 Å². The number of sulfonamides is 1. The van der Waals surface area contributed by atoms with Crippen LogP contribution >= 0.6 is 0 Å². The summed E-state index contributed by atoms with van der Waals surface area (Å²) in [7, 11) is -2.55. The van der Waals surface area contributed by atoms with Crippen LogP contribution in [0.2, 0.25) is 0 Å². The molecule has 0 atom stereocenters. The van der Waals surface area contributed by atoms with Gasteiger partial charge in [-0.2, -0.15) is 0 Å². The lowest BCUT2D eigenvalue weighted by Gasteiger charge is -2.20. The molecule has 0 amide bonds. The lowest BCUT2D eigenvalue weighted by Crippen LogP contribution is -2.19. The molecule has 0 aliphatic rings. The molecule has 0 bridgehead atoms. The molecule has 2 rings (SSSR count). The van der Waals surface area contributed by atoms with Crippen LogP contribution in [0.5, 0.6) is 0 Å². The Morgan fingerprint density at radius 2 is 1.81 bits per heavy atom. The number of ether oxygens (including phenoxy) is 2. The summed E-state index contributed by atoms with van der Waals surface area (Å²) in [6, 6.07) is 11.2. The van der Waals surface area contributed by atoms with E-state index in [0.717, 1.165) is 11.1 Å². The van der Waals surface area contributed by atoms with Crippen molar-refractivity contribution in [3.8, 4) is 0 Å². The number of carbonyl (C=O) groups excluding carboxylic acids is 1. The van der Waals surface area contributed by atoms with Crippen molar-refractivity contribution in [3.63, 3.8) is 0 Å². The van der Waals surface area contributed by atoms with Crippen LogP contribution < -0.4 is 4.72 Å². The van der Waals surface area contributed by atoms with Crippen molar-refractivity contribution in [2.45, 2.75) is 44.8 Å². The fraction of sp³-hybridized carbons (Fsp3) is 0.350. The molecule has 0 aliphatic heterocycles. The van der Waals surface area contributed by atoms with Gasteiger partial charge in [-0.3, -0.25) is 4.72 Å². The van der Waals surface area contributed by atoms with Gasteiger partial charge in [0, 0.05) is 5.69 Å². The van der Waals surface area contributed by atoms with Crippen LogP contribution in [0.25, 0.3) is 0 Å². The van der Waals surface area contributed by atoms with Gasteiger partial charge in [0.15, 0.2) is 0 Å². The van der Waals surface area contributed by atoms with Crippen molar-refractivity contribution in [1.82, 2.24) is 0 Å². The molecular weight excluding hydrogens is 366 g/mol. The highest BCUT2D eigenvalue weighted by Crippen LogP contribution is 2.21. The van der Waals surface area contributed by atoms with E-state index < -0.39 is 16.0 Å². The Kier molecular flexibility index (Phi) is 6.28. The summed E-state index contributed by atoms with van der Waals surface area (Å²) in [5.41, 5.74) is 1.81. The molecule has 0 saturated carbocycles. The second-order valence-electron chi connectivity index (χ2n) is 7.23. The third-order valence-corrected chi connectivity index (χ3v) is 4.99. The minimum Gasteiger partial charge on any atom is -0.465 e. The van der Waals surface area contributed by atoms with Gasteiger partial charge in [0.2, 0.25) is 0 Å². The van der Waals surface area contributed by atoms with Gasteiger partial charge < -0.3 is 9.47 Å². The molecule has 27 heavy (non-hydrogen) atoms. The van der Waals surface area contributed by atoms with Gasteiger partial charge in [-0.25, -0.2) is 13.2 Å². The maximum Gasteiger partial charge on any atom is 0.337 e. The minimum absolute atomic E-state index is 0.137. The Morgan fingerprint density at radius 3 is 2.44 bits per heavy atom. The quantitative estimate of drug-likeness (QED) is 0.755. The number of carbonyl (C=O) groups is 1. The molecule has 0 spiro atoms. The molecule has 0 fully saturated rings. The van der Waals surface area contributed by atoms with E-state index >= 15 is 0 Å². The molecule has 0 saturated heterocycles. The Hall–Kier alpha value is -2.38. The molecule has 0 heterocycles. The van der Waals surface area contributed by atoms with Crippen molar-refractivity contribution in [3.05, 3.63) is 59.2 Å². The maximum atomic E-state index is 12.8. The number of methoxy groups -OCH3 is 1. The van der Waals surface area contributed by atoms with Crippen LogP contribution in [0.4, 0.5) is 5.69 Å². The van der Waals surface area contributed by atoms with Crippen LogP contribution in [-0.4, -0.2) is 27.1 Å². The van der Waals surface area contributed by atoms with Crippen molar-refractivity contribution in [2.75, 3.05) is 11.8 Å². The van der Waals surface area contributed by atoms with Crippen LogP contribution in [0, 0.1) is 6.92 Å². The van der Waals surface area contributed by atoms with Gasteiger partial charge >= 0.3 is 5.97 Å². The van der Waals surface area contributed by atoms with E-state index in [4.69, 9.17) is 4.74 Å². The average molecular weight is 391 g/mol. The Balaban J connectivity index is 2.28. The van der Waals surface area contributed by atoms with E-state index in [1.54, 1.807) is 30.3 Å². The molecule has 0 aliphatic carbocycles. The predicted molar refractivity (Wildman–Crippen MR) is 104 cm³/mol. The van der Waals surface area contributed by atoms with Crippen molar-refractivity contribution >= 4 is 21.7 Å². The first-order valence-electron chi connectivity index (χ1n) is 8.46. The summed E-state index contributed by atoms with van der Waals surface area (Å²) in [6.45, 7) is 7.96. The molecular formula is C20H25NO5S. The smallest absolute Gasteiger partial charge is 0.337 e. The van der Waals surface area contributed by atoms with E-state index in [9.17, 15) is 13.2 Å².